The van der Waals surface area contributed by atoms with Gasteiger partial charge in [0.15, 0.2) is 5.69 Å². The highest BCUT2D eigenvalue weighted by Gasteiger charge is 2.35. The van der Waals surface area contributed by atoms with E-state index in [1.54, 1.807) is 8.61 Å². The van der Waals surface area contributed by atoms with Crippen LogP contribution in [0.5, 0.6) is 0 Å². The van der Waals surface area contributed by atoms with E-state index >= 15 is 0 Å². The molecule has 1 unspecified atom stereocenters. The Balaban J connectivity index is 1.64. The second kappa shape index (κ2) is 6.54. The minimum atomic E-state index is -3.37. The first-order valence-corrected chi connectivity index (χ1v) is 9.25. The van der Waals surface area contributed by atoms with E-state index < -0.39 is 16.2 Å². The Kier molecular flexibility index (Phi) is 4.64. The molecule has 0 bridgehead atoms. The fourth-order valence-electron chi connectivity index (χ4n) is 3.22. The van der Waals surface area contributed by atoms with E-state index in [-0.39, 0.29) is 11.6 Å². The van der Waals surface area contributed by atoms with E-state index in [1.807, 2.05) is 0 Å². The fourth-order valence-corrected chi connectivity index (χ4v) is 5.02. The van der Waals surface area contributed by atoms with Crippen molar-refractivity contribution >= 4 is 16.2 Å². The van der Waals surface area contributed by atoms with Gasteiger partial charge in [-0.2, -0.15) is 17.0 Å². The van der Waals surface area contributed by atoms with Crippen LogP contribution >= 0.6 is 0 Å². The molecule has 1 N–H and O–H groups in total. The summed E-state index contributed by atoms with van der Waals surface area (Å²) in [6.45, 7) is 2.68. The van der Waals surface area contributed by atoms with Crippen molar-refractivity contribution in [3.05, 3.63) is 11.9 Å². The predicted molar refractivity (Wildman–Crippen MR) is 81.0 cm³/mol. The second-order valence-electron chi connectivity index (χ2n) is 6.11. The first-order chi connectivity index (χ1) is 11.0. The summed E-state index contributed by atoms with van der Waals surface area (Å²) >= 11 is 0. The van der Waals surface area contributed by atoms with Gasteiger partial charge in [0.1, 0.15) is 0 Å². The summed E-state index contributed by atoms with van der Waals surface area (Å²) in [5.74, 6) is -0.998. The lowest BCUT2D eigenvalue weighted by atomic mass is 10.00. The molecule has 2 aliphatic rings. The molecule has 3 heterocycles. The minimum absolute atomic E-state index is 0.0950. The molecule has 2 aliphatic heterocycles. The van der Waals surface area contributed by atoms with Crippen molar-refractivity contribution < 1.29 is 18.3 Å². The first-order valence-electron chi connectivity index (χ1n) is 7.85. The molecule has 0 radical (unpaired) electrons. The van der Waals surface area contributed by atoms with Crippen LogP contribution in [0.4, 0.5) is 0 Å². The number of aromatic nitrogens is 3. The number of carbonyl (C=O) groups is 1. The van der Waals surface area contributed by atoms with Crippen LogP contribution in [0.25, 0.3) is 0 Å². The molecule has 0 spiro atoms. The monoisotopic (exact) mass is 343 g/mol. The largest absolute Gasteiger partial charge is 0.476 e. The van der Waals surface area contributed by atoms with Gasteiger partial charge in [0.05, 0.1) is 6.20 Å². The Morgan fingerprint density at radius 1 is 1.22 bits per heavy atom. The summed E-state index contributed by atoms with van der Waals surface area (Å²) < 4.78 is 29.8. The smallest absolute Gasteiger partial charge is 0.358 e. The van der Waals surface area contributed by atoms with Crippen molar-refractivity contribution in [3.8, 4) is 0 Å². The zero-order chi connectivity index (χ0) is 16.4. The maximum absolute atomic E-state index is 12.6. The van der Waals surface area contributed by atoms with Gasteiger partial charge < -0.3 is 5.11 Å². The third-order valence-corrected chi connectivity index (χ3v) is 6.40. The Labute approximate surface area is 135 Å². The van der Waals surface area contributed by atoms with E-state index in [0.29, 0.717) is 32.7 Å². The number of piperidine rings is 1. The van der Waals surface area contributed by atoms with Crippen LogP contribution in [0.1, 0.15) is 36.2 Å². The number of nitrogens with zero attached hydrogens (tertiary/aromatic N) is 5. The van der Waals surface area contributed by atoms with Gasteiger partial charge >= 0.3 is 5.97 Å². The van der Waals surface area contributed by atoms with Crippen molar-refractivity contribution in [1.82, 2.24) is 23.6 Å². The highest BCUT2D eigenvalue weighted by atomic mass is 32.2. The molecule has 0 aliphatic carbocycles. The number of rotatable bonds is 5. The van der Waals surface area contributed by atoms with Crippen LogP contribution in [0.15, 0.2) is 6.20 Å². The molecular weight excluding hydrogens is 322 g/mol. The quantitative estimate of drug-likeness (QED) is 0.808. The summed E-state index contributed by atoms with van der Waals surface area (Å²) in [5, 5.41) is 16.3. The Hall–Kier alpha value is -1.52. The van der Waals surface area contributed by atoms with Crippen molar-refractivity contribution in [1.29, 1.82) is 0 Å². The molecule has 1 atom stereocenters. The van der Waals surface area contributed by atoms with Crippen LogP contribution in [0, 0.1) is 5.92 Å². The highest BCUT2D eigenvalue weighted by molar-refractivity contribution is 7.86. The average Bonchev–Trinajstić information content (AvgIpc) is 3.19. The van der Waals surface area contributed by atoms with Crippen molar-refractivity contribution in [2.45, 2.75) is 32.2 Å². The number of hydrogen-bond donors (Lipinski definition) is 1. The first kappa shape index (κ1) is 16.3. The summed E-state index contributed by atoms with van der Waals surface area (Å²) in [6, 6.07) is 0. The molecular formula is C13H21N5O4S. The van der Waals surface area contributed by atoms with E-state index in [0.717, 1.165) is 25.7 Å². The maximum Gasteiger partial charge on any atom is 0.358 e. The number of hydrogen-bond acceptors (Lipinski definition) is 5. The van der Waals surface area contributed by atoms with E-state index in [1.165, 1.54) is 10.9 Å². The second-order valence-corrected chi connectivity index (χ2v) is 8.04. The molecule has 9 nitrogen and oxygen atoms in total. The summed E-state index contributed by atoms with van der Waals surface area (Å²) in [4.78, 5) is 10.8. The molecule has 1 aromatic rings. The van der Waals surface area contributed by atoms with Gasteiger partial charge in [0.2, 0.25) is 0 Å². The molecule has 2 fully saturated rings. The Morgan fingerprint density at radius 3 is 2.57 bits per heavy atom. The summed E-state index contributed by atoms with van der Waals surface area (Å²) in [5.41, 5.74) is -0.0950. The summed E-state index contributed by atoms with van der Waals surface area (Å²) in [7, 11) is -3.37. The van der Waals surface area contributed by atoms with Crippen molar-refractivity contribution in [2.24, 2.45) is 5.92 Å². The SMILES string of the molecule is O=C(O)c1cn(CC2CCCN(S(=O)(=O)N3CCCC3)C2)nn1. The van der Waals surface area contributed by atoms with Crippen LogP contribution < -0.4 is 0 Å². The van der Waals surface area contributed by atoms with Crippen LogP contribution in [-0.2, 0) is 16.8 Å². The minimum Gasteiger partial charge on any atom is -0.476 e. The van der Waals surface area contributed by atoms with Gasteiger partial charge in [0.25, 0.3) is 10.2 Å². The van der Waals surface area contributed by atoms with Crippen molar-refractivity contribution in [3.63, 3.8) is 0 Å². The molecule has 23 heavy (non-hydrogen) atoms. The number of aromatic carboxylic acids is 1. The van der Waals surface area contributed by atoms with Gasteiger partial charge in [-0.15, -0.1) is 5.10 Å². The lowest BCUT2D eigenvalue weighted by Gasteiger charge is -2.34. The molecule has 128 valence electrons. The maximum atomic E-state index is 12.6. The zero-order valence-corrected chi connectivity index (χ0v) is 13.7. The lowest BCUT2D eigenvalue weighted by Crippen LogP contribution is -2.47. The van der Waals surface area contributed by atoms with Gasteiger partial charge in [-0.25, -0.2) is 4.79 Å². The van der Waals surface area contributed by atoms with E-state index in [9.17, 15) is 13.2 Å². The van der Waals surface area contributed by atoms with E-state index in [4.69, 9.17) is 5.11 Å². The van der Waals surface area contributed by atoms with Crippen LogP contribution in [0.2, 0.25) is 0 Å². The molecule has 0 amide bonds. The number of carboxylic acid groups (broad SMARTS) is 1. The molecule has 2 saturated heterocycles. The van der Waals surface area contributed by atoms with E-state index in [2.05, 4.69) is 10.3 Å². The third kappa shape index (κ3) is 3.54. The molecule has 1 aromatic heterocycles. The van der Waals surface area contributed by atoms with Crippen molar-refractivity contribution in [2.75, 3.05) is 26.2 Å². The van der Waals surface area contributed by atoms with Gasteiger partial charge in [-0.1, -0.05) is 5.21 Å². The number of carboxylic acids is 1. The Morgan fingerprint density at radius 2 is 1.91 bits per heavy atom. The predicted octanol–water partition coefficient (Wildman–Crippen LogP) is 0.0289. The van der Waals surface area contributed by atoms with Gasteiger partial charge in [0, 0.05) is 32.7 Å². The van der Waals surface area contributed by atoms with Crippen LogP contribution in [-0.4, -0.2) is 69.3 Å². The standard InChI is InChI=1S/C13H21N5O4S/c19-13(20)12-10-16(15-14-12)8-11-4-3-7-18(9-11)23(21,22)17-5-1-2-6-17/h10-11H,1-9H2,(H,19,20). The Bertz CT molecular complexity index is 668. The molecule has 0 aromatic carbocycles. The normalized spacial score (nSPS) is 24.1. The summed E-state index contributed by atoms with van der Waals surface area (Å²) in [6.07, 6.45) is 4.93. The molecule has 3 rings (SSSR count). The van der Waals surface area contributed by atoms with Crippen LogP contribution in [0.3, 0.4) is 0 Å². The molecule has 0 saturated carbocycles. The van der Waals surface area contributed by atoms with Gasteiger partial charge in [-0.05, 0) is 31.6 Å². The third-order valence-electron chi connectivity index (χ3n) is 4.40. The fraction of sp³-hybridized carbons (Fsp3) is 0.769. The average molecular weight is 343 g/mol. The van der Waals surface area contributed by atoms with Gasteiger partial charge in [-0.3, -0.25) is 4.68 Å². The molecule has 10 heteroatoms. The highest BCUT2D eigenvalue weighted by Crippen LogP contribution is 2.24. The lowest BCUT2D eigenvalue weighted by molar-refractivity contribution is 0.0690. The topological polar surface area (TPSA) is 109 Å². The zero-order valence-electron chi connectivity index (χ0n) is 12.8.